The number of benzene rings is 1. The van der Waals surface area contributed by atoms with Gasteiger partial charge in [-0.3, -0.25) is 4.79 Å². The Morgan fingerprint density at radius 3 is 2.94 bits per heavy atom. The van der Waals surface area contributed by atoms with Crippen LogP contribution in [0.3, 0.4) is 0 Å². The van der Waals surface area contributed by atoms with Gasteiger partial charge in [0, 0.05) is 48.5 Å². The van der Waals surface area contributed by atoms with Crippen LogP contribution in [0, 0.1) is 5.82 Å². The van der Waals surface area contributed by atoms with Crippen molar-refractivity contribution in [2.45, 2.75) is 32.4 Å². The molecule has 0 radical (unpaired) electrons. The van der Waals surface area contributed by atoms with Gasteiger partial charge in [0.2, 0.25) is 0 Å². The summed E-state index contributed by atoms with van der Waals surface area (Å²) in [4.78, 5) is 24.6. The number of nitrogens with one attached hydrogen (secondary N) is 4. The number of aromatic nitrogens is 3. The molecule has 3 aromatic heterocycles. The largest absolute Gasteiger partial charge is 0.365 e. The highest BCUT2D eigenvalue weighted by Gasteiger charge is 2.27. The molecule has 4 aromatic rings. The monoisotopic (exact) mass is 444 g/mol. The van der Waals surface area contributed by atoms with E-state index in [9.17, 15) is 9.18 Å². The summed E-state index contributed by atoms with van der Waals surface area (Å²) in [5, 5.41) is 10.5. The third-order valence-corrected chi connectivity index (χ3v) is 6.07. The minimum Gasteiger partial charge on any atom is -0.365 e. The van der Waals surface area contributed by atoms with Gasteiger partial charge < -0.3 is 20.9 Å². The Hall–Kier alpha value is -3.78. The van der Waals surface area contributed by atoms with Crippen molar-refractivity contribution in [2.24, 2.45) is 0 Å². The molecule has 0 spiro atoms. The number of hydrogen-bond acceptors (Lipinski definition) is 5. The molecule has 1 amide bonds. The lowest BCUT2D eigenvalue weighted by Gasteiger charge is -2.33. The highest BCUT2D eigenvalue weighted by atomic mass is 19.1. The third-order valence-electron chi connectivity index (χ3n) is 6.07. The van der Waals surface area contributed by atoms with Gasteiger partial charge in [0.15, 0.2) is 0 Å². The molecule has 0 saturated heterocycles. The molecule has 4 heterocycles. The second kappa shape index (κ2) is 8.29. The van der Waals surface area contributed by atoms with Gasteiger partial charge in [0.25, 0.3) is 5.91 Å². The molecule has 0 fully saturated rings. The highest BCUT2D eigenvalue weighted by Crippen LogP contribution is 2.31. The standard InChI is InChI=1S/C25H25FN6O/c1-25(2)14-27-11-16-9-18(3-4-21(16)25)32-24(33)20-10-17(26)13-31-23(20)30-12-15-5-7-28-22-19(15)6-8-29-22/h3-10,13,27H,11-12,14H2,1-2H3,(H,28,29)(H,30,31)(H,32,33). The first-order chi connectivity index (χ1) is 15.9. The van der Waals surface area contributed by atoms with E-state index in [0.717, 1.165) is 41.4 Å². The van der Waals surface area contributed by atoms with Crippen LogP contribution in [0.1, 0.15) is 40.9 Å². The van der Waals surface area contributed by atoms with Crippen LogP contribution in [0.5, 0.6) is 0 Å². The predicted octanol–water partition coefficient (Wildman–Crippen LogP) is 4.34. The normalized spacial score (nSPS) is 14.6. The number of rotatable bonds is 5. The number of pyridine rings is 2. The van der Waals surface area contributed by atoms with Crippen molar-refractivity contribution >= 4 is 28.4 Å². The Morgan fingerprint density at radius 2 is 2.06 bits per heavy atom. The van der Waals surface area contributed by atoms with E-state index in [2.05, 4.69) is 50.8 Å². The molecule has 1 aliphatic rings. The number of carbonyl (C=O) groups is 1. The molecule has 0 unspecified atom stereocenters. The maximum absolute atomic E-state index is 14.0. The van der Waals surface area contributed by atoms with Crippen LogP contribution in [-0.4, -0.2) is 27.4 Å². The molecule has 5 rings (SSSR count). The van der Waals surface area contributed by atoms with Crippen molar-refractivity contribution in [1.82, 2.24) is 20.3 Å². The molecule has 1 aliphatic heterocycles. The number of nitrogens with zero attached hydrogens (tertiary/aromatic N) is 2. The number of aromatic amines is 1. The minimum atomic E-state index is -0.570. The quantitative estimate of drug-likeness (QED) is 0.367. The molecule has 4 N–H and O–H groups in total. The molecule has 7 nitrogen and oxygen atoms in total. The fraction of sp³-hybridized carbons (Fsp3) is 0.240. The van der Waals surface area contributed by atoms with E-state index in [1.807, 2.05) is 30.5 Å². The Bertz CT molecular complexity index is 1350. The molecule has 33 heavy (non-hydrogen) atoms. The fourth-order valence-electron chi connectivity index (χ4n) is 4.39. The number of halogens is 1. The summed E-state index contributed by atoms with van der Waals surface area (Å²) in [6.45, 7) is 6.45. The molecule has 168 valence electrons. The van der Waals surface area contributed by atoms with Crippen LogP contribution in [0.25, 0.3) is 11.0 Å². The smallest absolute Gasteiger partial charge is 0.259 e. The van der Waals surface area contributed by atoms with Crippen LogP contribution >= 0.6 is 0 Å². The van der Waals surface area contributed by atoms with Crippen molar-refractivity contribution in [3.05, 3.63) is 83.1 Å². The Labute approximate surface area is 190 Å². The number of amides is 1. The van der Waals surface area contributed by atoms with E-state index in [4.69, 9.17) is 0 Å². The van der Waals surface area contributed by atoms with E-state index >= 15 is 0 Å². The average molecular weight is 445 g/mol. The molecule has 1 aromatic carbocycles. The van der Waals surface area contributed by atoms with Gasteiger partial charge in [-0.1, -0.05) is 19.9 Å². The van der Waals surface area contributed by atoms with Crippen LogP contribution in [0.2, 0.25) is 0 Å². The summed E-state index contributed by atoms with van der Waals surface area (Å²) in [5.41, 5.74) is 5.02. The zero-order valence-electron chi connectivity index (χ0n) is 18.5. The lowest BCUT2D eigenvalue weighted by Crippen LogP contribution is -2.38. The first-order valence-electron chi connectivity index (χ1n) is 10.9. The van der Waals surface area contributed by atoms with Crippen LogP contribution in [0.15, 0.2) is 55.0 Å². The Balaban J connectivity index is 1.37. The first kappa shape index (κ1) is 21.1. The molecular formula is C25H25FN6O. The molecule has 0 saturated carbocycles. The van der Waals surface area contributed by atoms with E-state index in [1.165, 1.54) is 11.6 Å². The average Bonchev–Trinajstić information content (AvgIpc) is 3.27. The summed E-state index contributed by atoms with van der Waals surface area (Å²) < 4.78 is 14.0. The fourth-order valence-corrected chi connectivity index (χ4v) is 4.39. The lowest BCUT2D eigenvalue weighted by atomic mass is 9.79. The summed E-state index contributed by atoms with van der Waals surface area (Å²) in [5.74, 6) is -0.678. The summed E-state index contributed by atoms with van der Waals surface area (Å²) in [7, 11) is 0. The number of H-pyrrole nitrogens is 1. The number of hydrogen-bond donors (Lipinski definition) is 4. The number of anilines is 2. The van der Waals surface area contributed by atoms with Gasteiger partial charge >= 0.3 is 0 Å². The summed E-state index contributed by atoms with van der Waals surface area (Å²) in [6, 6.07) is 11.0. The van der Waals surface area contributed by atoms with Gasteiger partial charge in [-0.25, -0.2) is 14.4 Å². The summed E-state index contributed by atoms with van der Waals surface area (Å²) >= 11 is 0. The second-order valence-corrected chi connectivity index (χ2v) is 8.93. The number of fused-ring (bicyclic) bond motifs is 2. The minimum absolute atomic E-state index is 0.0253. The van der Waals surface area contributed by atoms with E-state index in [0.29, 0.717) is 18.1 Å². The van der Waals surface area contributed by atoms with Gasteiger partial charge in [0.1, 0.15) is 17.3 Å². The SMILES string of the molecule is CC1(C)CNCc2cc(NC(=O)c3cc(F)cnc3NCc3ccnc4[nH]ccc34)ccc21. The van der Waals surface area contributed by atoms with Gasteiger partial charge in [-0.05, 0) is 47.0 Å². The van der Waals surface area contributed by atoms with Gasteiger partial charge in [0.05, 0.1) is 11.8 Å². The van der Waals surface area contributed by atoms with E-state index in [-0.39, 0.29) is 11.0 Å². The number of carbonyl (C=O) groups excluding carboxylic acids is 1. The van der Waals surface area contributed by atoms with Gasteiger partial charge in [-0.15, -0.1) is 0 Å². The highest BCUT2D eigenvalue weighted by molar-refractivity contribution is 6.07. The zero-order chi connectivity index (χ0) is 23.0. The van der Waals surface area contributed by atoms with Crippen molar-refractivity contribution in [3.63, 3.8) is 0 Å². The molecule has 0 bridgehead atoms. The summed E-state index contributed by atoms with van der Waals surface area (Å²) in [6.07, 6.45) is 4.64. The lowest BCUT2D eigenvalue weighted by molar-refractivity contribution is 0.102. The zero-order valence-corrected chi connectivity index (χ0v) is 18.5. The topological polar surface area (TPSA) is 94.7 Å². The Morgan fingerprint density at radius 1 is 1.18 bits per heavy atom. The third kappa shape index (κ3) is 4.17. The van der Waals surface area contributed by atoms with Gasteiger partial charge in [-0.2, -0.15) is 0 Å². The molecule has 8 heteroatoms. The second-order valence-electron chi connectivity index (χ2n) is 8.93. The van der Waals surface area contributed by atoms with Crippen LogP contribution in [-0.2, 0) is 18.5 Å². The van der Waals surface area contributed by atoms with Crippen LogP contribution in [0.4, 0.5) is 15.9 Å². The van der Waals surface area contributed by atoms with Crippen LogP contribution < -0.4 is 16.0 Å². The van der Waals surface area contributed by atoms with E-state index in [1.54, 1.807) is 6.20 Å². The maximum atomic E-state index is 14.0. The van der Waals surface area contributed by atoms with Crippen molar-refractivity contribution in [2.75, 3.05) is 17.2 Å². The maximum Gasteiger partial charge on any atom is 0.259 e. The molecule has 0 aliphatic carbocycles. The predicted molar refractivity (Wildman–Crippen MR) is 127 cm³/mol. The Kier molecular flexibility index (Phi) is 5.30. The van der Waals surface area contributed by atoms with Crippen molar-refractivity contribution < 1.29 is 9.18 Å². The van der Waals surface area contributed by atoms with Crippen molar-refractivity contribution in [1.29, 1.82) is 0 Å². The van der Waals surface area contributed by atoms with E-state index < -0.39 is 11.7 Å². The molecule has 0 atom stereocenters. The first-order valence-corrected chi connectivity index (χ1v) is 10.9. The molecular weight excluding hydrogens is 419 g/mol. The van der Waals surface area contributed by atoms with Crippen molar-refractivity contribution in [3.8, 4) is 0 Å².